The van der Waals surface area contributed by atoms with Crippen LogP contribution in [0.1, 0.15) is 41.3 Å². The van der Waals surface area contributed by atoms with Crippen LogP contribution < -0.4 is 10.1 Å². The number of carbonyl (C=O) groups excluding carboxylic acids is 2. The number of esters is 1. The van der Waals surface area contributed by atoms with Gasteiger partial charge in [-0.25, -0.2) is 4.79 Å². The lowest BCUT2D eigenvalue weighted by atomic mass is 9.97. The maximum Gasteiger partial charge on any atom is 0.341 e. The van der Waals surface area contributed by atoms with Gasteiger partial charge in [0.05, 0.1) is 18.2 Å². The zero-order valence-electron chi connectivity index (χ0n) is 18.7. The van der Waals surface area contributed by atoms with E-state index in [-0.39, 0.29) is 18.9 Å². The zero-order chi connectivity index (χ0) is 24.0. The fourth-order valence-electron chi connectivity index (χ4n) is 3.37. The van der Waals surface area contributed by atoms with Crippen molar-refractivity contribution in [1.29, 1.82) is 0 Å². The number of hydrogen-bond donors (Lipinski definition) is 1. The number of anilines is 1. The molecule has 1 amide bonds. The van der Waals surface area contributed by atoms with Crippen molar-refractivity contribution in [2.45, 2.75) is 33.6 Å². The topological polar surface area (TPSA) is 64.6 Å². The van der Waals surface area contributed by atoms with Gasteiger partial charge in [0.1, 0.15) is 16.3 Å². The number of hydrogen-bond acceptors (Lipinski definition) is 5. The summed E-state index contributed by atoms with van der Waals surface area (Å²) < 4.78 is 10.9. The Morgan fingerprint density at radius 1 is 1.06 bits per heavy atom. The van der Waals surface area contributed by atoms with Crippen LogP contribution in [0, 0.1) is 13.8 Å². The van der Waals surface area contributed by atoms with E-state index in [1.54, 1.807) is 25.1 Å². The lowest BCUT2D eigenvalue weighted by molar-refractivity contribution is -0.116. The summed E-state index contributed by atoms with van der Waals surface area (Å²) in [6.07, 6.45) is 0.707. The maximum atomic E-state index is 12.7. The number of amides is 1. The highest BCUT2D eigenvalue weighted by molar-refractivity contribution is 7.15. The Bertz CT molecular complexity index is 1160. The predicted octanol–water partition coefficient (Wildman–Crippen LogP) is 7.31. The van der Waals surface area contributed by atoms with Crippen molar-refractivity contribution in [3.8, 4) is 16.9 Å². The first-order valence-electron chi connectivity index (χ1n) is 10.5. The fraction of sp³-hybridized carbons (Fsp3) is 0.280. The second kappa shape index (κ2) is 11.5. The van der Waals surface area contributed by atoms with E-state index in [0.29, 0.717) is 39.4 Å². The zero-order valence-corrected chi connectivity index (χ0v) is 21.0. The summed E-state index contributed by atoms with van der Waals surface area (Å²) >= 11 is 13.3. The molecular formula is C25H25Cl2NO4S. The van der Waals surface area contributed by atoms with Crippen LogP contribution in [0.5, 0.6) is 5.75 Å². The number of rotatable bonds is 9. The number of carbonyl (C=O) groups is 2. The number of ether oxygens (including phenoxy) is 2. The first kappa shape index (κ1) is 25.1. The number of aryl methyl sites for hydroxylation is 2. The molecule has 0 aliphatic heterocycles. The van der Waals surface area contributed by atoms with Gasteiger partial charge < -0.3 is 14.8 Å². The minimum atomic E-state index is -0.454. The van der Waals surface area contributed by atoms with Crippen molar-refractivity contribution in [2.24, 2.45) is 0 Å². The van der Waals surface area contributed by atoms with E-state index in [1.807, 2.05) is 31.4 Å². The van der Waals surface area contributed by atoms with Crippen LogP contribution in [-0.4, -0.2) is 25.1 Å². The SMILES string of the molecule is CCOC(=O)c1c(-c2ccc(C)cc2C)csc1NC(=O)CCCOc1ccc(Cl)cc1Cl. The Hall–Kier alpha value is -2.54. The molecule has 0 aliphatic carbocycles. The van der Waals surface area contributed by atoms with Crippen molar-refractivity contribution < 1.29 is 19.1 Å². The molecule has 174 valence electrons. The molecule has 5 nitrogen and oxygen atoms in total. The van der Waals surface area contributed by atoms with Crippen LogP contribution in [0.4, 0.5) is 5.00 Å². The molecule has 0 radical (unpaired) electrons. The van der Waals surface area contributed by atoms with Gasteiger partial charge in [0.2, 0.25) is 5.91 Å². The fourth-order valence-corrected chi connectivity index (χ4v) is 4.79. The Balaban J connectivity index is 1.68. The third-order valence-electron chi connectivity index (χ3n) is 4.90. The molecule has 0 saturated carbocycles. The smallest absolute Gasteiger partial charge is 0.341 e. The van der Waals surface area contributed by atoms with Gasteiger partial charge in [0, 0.05) is 22.4 Å². The lowest BCUT2D eigenvalue weighted by Gasteiger charge is -2.11. The van der Waals surface area contributed by atoms with Gasteiger partial charge in [-0.15, -0.1) is 11.3 Å². The molecule has 8 heteroatoms. The van der Waals surface area contributed by atoms with Gasteiger partial charge in [-0.3, -0.25) is 4.79 Å². The Morgan fingerprint density at radius 3 is 2.55 bits per heavy atom. The van der Waals surface area contributed by atoms with Gasteiger partial charge >= 0.3 is 5.97 Å². The Morgan fingerprint density at radius 2 is 1.85 bits per heavy atom. The van der Waals surface area contributed by atoms with Gasteiger partial charge in [0.15, 0.2) is 0 Å². The Labute approximate surface area is 207 Å². The quantitative estimate of drug-likeness (QED) is 0.244. The molecule has 0 spiro atoms. The second-order valence-corrected chi connectivity index (χ2v) is 9.19. The van der Waals surface area contributed by atoms with Gasteiger partial charge in [-0.1, -0.05) is 47.0 Å². The number of thiophene rings is 1. The molecular weight excluding hydrogens is 481 g/mol. The Kier molecular flexibility index (Phi) is 8.78. The van der Waals surface area contributed by atoms with Crippen molar-refractivity contribution >= 4 is 51.4 Å². The maximum absolute atomic E-state index is 12.7. The molecule has 33 heavy (non-hydrogen) atoms. The largest absolute Gasteiger partial charge is 0.492 e. The highest BCUT2D eigenvalue weighted by atomic mass is 35.5. The van der Waals surface area contributed by atoms with Crippen LogP contribution in [0.25, 0.3) is 11.1 Å². The summed E-state index contributed by atoms with van der Waals surface area (Å²) in [5.74, 6) is -0.146. The third-order valence-corrected chi connectivity index (χ3v) is 6.32. The summed E-state index contributed by atoms with van der Waals surface area (Å²) in [6.45, 7) is 6.34. The number of halogens is 2. The normalized spacial score (nSPS) is 10.7. The molecule has 0 unspecified atom stereocenters. The summed E-state index contributed by atoms with van der Waals surface area (Å²) in [5.41, 5.74) is 4.26. The second-order valence-electron chi connectivity index (χ2n) is 7.47. The van der Waals surface area contributed by atoms with Crippen molar-refractivity contribution in [1.82, 2.24) is 0 Å². The van der Waals surface area contributed by atoms with Crippen molar-refractivity contribution in [2.75, 3.05) is 18.5 Å². The average Bonchev–Trinajstić information content (AvgIpc) is 3.15. The van der Waals surface area contributed by atoms with Gasteiger partial charge in [-0.2, -0.15) is 0 Å². The highest BCUT2D eigenvalue weighted by Gasteiger charge is 2.23. The highest BCUT2D eigenvalue weighted by Crippen LogP contribution is 2.38. The summed E-state index contributed by atoms with van der Waals surface area (Å²) in [5, 5.41) is 6.18. The number of benzene rings is 2. The van der Waals surface area contributed by atoms with Gasteiger partial charge in [0.25, 0.3) is 0 Å². The van der Waals surface area contributed by atoms with E-state index in [2.05, 4.69) is 11.4 Å². The average molecular weight is 506 g/mol. The minimum absolute atomic E-state index is 0.208. The molecule has 1 aromatic heterocycles. The van der Waals surface area contributed by atoms with Crippen LogP contribution in [0.2, 0.25) is 10.0 Å². The van der Waals surface area contributed by atoms with E-state index in [1.165, 1.54) is 11.3 Å². The standard InChI is InChI=1S/C25H25Cl2NO4S/c1-4-31-25(30)23-19(18-9-7-15(2)12-16(18)3)14-33-24(23)28-22(29)6-5-11-32-21-10-8-17(26)13-20(21)27/h7-10,12-14H,4-6,11H2,1-3H3,(H,28,29). The molecule has 1 heterocycles. The molecule has 0 aliphatic rings. The van der Waals surface area contributed by atoms with E-state index < -0.39 is 5.97 Å². The molecule has 0 saturated heterocycles. The van der Waals surface area contributed by atoms with E-state index in [0.717, 1.165) is 22.3 Å². The van der Waals surface area contributed by atoms with E-state index >= 15 is 0 Å². The van der Waals surface area contributed by atoms with Crippen LogP contribution in [0.15, 0.2) is 41.8 Å². The van der Waals surface area contributed by atoms with Gasteiger partial charge in [-0.05, 0) is 56.5 Å². The molecule has 2 aromatic carbocycles. The lowest BCUT2D eigenvalue weighted by Crippen LogP contribution is -2.15. The summed E-state index contributed by atoms with van der Waals surface area (Å²) in [6, 6.07) is 11.0. The first-order valence-corrected chi connectivity index (χ1v) is 12.2. The predicted molar refractivity (Wildman–Crippen MR) is 135 cm³/mol. The monoisotopic (exact) mass is 505 g/mol. The first-order chi connectivity index (χ1) is 15.8. The molecule has 0 atom stereocenters. The van der Waals surface area contributed by atoms with Crippen molar-refractivity contribution in [3.63, 3.8) is 0 Å². The molecule has 3 aromatic rings. The van der Waals surface area contributed by atoms with E-state index in [9.17, 15) is 9.59 Å². The van der Waals surface area contributed by atoms with Crippen LogP contribution >= 0.6 is 34.5 Å². The van der Waals surface area contributed by atoms with Crippen LogP contribution in [-0.2, 0) is 9.53 Å². The third kappa shape index (κ3) is 6.50. The summed E-state index contributed by atoms with van der Waals surface area (Å²) in [4.78, 5) is 25.3. The van der Waals surface area contributed by atoms with Crippen LogP contribution in [0.3, 0.4) is 0 Å². The summed E-state index contributed by atoms with van der Waals surface area (Å²) in [7, 11) is 0. The molecule has 1 N–H and O–H groups in total. The van der Waals surface area contributed by atoms with E-state index in [4.69, 9.17) is 32.7 Å². The van der Waals surface area contributed by atoms with Crippen molar-refractivity contribution in [3.05, 3.63) is 68.5 Å². The minimum Gasteiger partial charge on any atom is -0.492 e. The number of nitrogens with one attached hydrogen (secondary N) is 1. The molecule has 0 fully saturated rings. The molecule has 3 rings (SSSR count). The molecule has 0 bridgehead atoms.